The average molecular weight is 460 g/mol. The first kappa shape index (κ1) is 19.0. The number of ether oxygens (including phenoxy) is 2. The Morgan fingerprint density at radius 1 is 1.11 bits per heavy atom. The molecule has 2 N–H and O–H groups in total. The Bertz CT molecular complexity index is 1150. The molecule has 1 aliphatic heterocycles. The van der Waals surface area contributed by atoms with Crippen molar-refractivity contribution >= 4 is 26.0 Å². The zero-order chi connectivity index (χ0) is 19.9. The third-order valence-corrected chi connectivity index (χ3v) is 5.83. The number of benzene rings is 3. The Hall–Kier alpha value is -2.35. The van der Waals surface area contributed by atoms with Gasteiger partial charge in [-0.2, -0.15) is 0 Å². The quantitative estimate of drug-likeness (QED) is 0.626. The van der Waals surface area contributed by atoms with E-state index in [1.165, 1.54) is 0 Å². The molecule has 7 heteroatoms. The SMILES string of the molecule is COc1cc(Br)cc2c1-c1ccc(CS(N)(=O)=O)cc1C(c1ccccc1)O2. The molecule has 3 aromatic carbocycles. The Morgan fingerprint density at radius 3 is 2.54 bits per heavy atom. The fourth-order valence-electron chi connectivity index (χ4n) is 3.52. The van der Waals surface area contributed by atoms with E-state index in [0.29, 0.717) is 17.1 Å². The summed E-state index contributed by atoms with van der Waals surface area (Å²) in [6, 6.07) is 19.1. The summed E-state index contributed by atoms with van der Waals surface area (Å²) in [6.45, 7) is 0. The van der Waals surface area contributed by atoms with E-state index in [1.807, 2.05) is 54.6 Å². The van der Waals surface area contributed by atoms with Gasteiger partial charge in [0.25, 0.3) is 0 Å². The molecule has 4 rings (SSSR count). The molecule has 0 fully saturated rings. The third kappa shape index (κ3) is 3.65. The van der Waals surface area contributed by atoms with Gasteiger partial charge >= 0.3 is 0 Å². The number of methoxy groups -OCH3 is 1. The summed E-state index contributed by atoms with van der Waals surface area (Å²) in [4.78, 5) is 0. The first-order valence-electron chi connectivity index (χ1n) is 8.58. The predicted molar refractivity (Wildman–Crippen MR) is 112 cm³/mol. The zero-order valence-electron chi connectivity index (χ0n) is 15.1. The fourth-order valence-corrected chi connectivity index (χ4v) is 4.58. The topological polar surface area (TPSA) is 78.6 Å². The minimum atomic E-state index is -3.64. The van der Waals surface area contributed by atoms with Crippen LogP contribution in [0.5, 0.6) is 11.5 Å². The molecule has 3 aromatic rings. The summed E-state index contributed by atoms with van der Waals surface area (Å²) in [5, 5.41) is 5.24. The van der Waals surface area contributed by atoms with Crippen molar-refractivity contribution in [3.05, 3.63) is 81.8 Å². The van der Waals surface area contributed by atoms with Crippen LogP contribution in [0, 0.1) is 0 Å². The molecule has 0 aromatic heterocycles. The second kappa shape index (κ2) is 7.24. The van der Waals surface area contributed by atoms with Crippen molar-refractivity contribution in [1.82, 2.24) is 0 Å². The minimum absolute atomic E-state index is 0.230. The van der Waals surface area contributed by atoms with Crippen LogP contribution < -0.4 is 14.6 Å². The summed E-state index contributed by atoms with van der Waals surface area (Å²) in [7, 11) is -2.03. The Labute approximate surface area is 172 Å². The standard InChI is InChI=1S/C21H18BrNO4S/c1-26-18-10-15(22)11-19-20(18)16-8-7-13(12-28(23,24)25)9-17(16)21(27-19)14-5-3-2-4-6-14/h2-11,21H,12H2,1H3,(H2,23,24,25). The second-order valence-electron chi connectivity index (χ2n) is 6.62. The second-order valence-corrected chi connectivity index (χ2v) is 9.15. The molecule has 0 radical (unpaired) electrons. The molecule has 1 heterocycles. The molecule has 144 valence electrons. The summed E-state index contributed by atoms with van der Waals surface area (Å²) < 4.78 is 35.9. The van der Waals surface area contributed by atoms with Crippen LogP contribution in [-0.4, -0.2) is 15.5 Å². The van der Waals surface area contributed by atoms with E-state index >= 15 is 0 Å². The first-order valence-corrected chi connectivity index (χ1v) is 11.1. The van der Waals surface area contributed by atoms with E-state index in [0.717, 1.165) is 26.7 Å². The number of hydrogen-bond acceptors (Lipinski definition) is 4. The number of halogens is 1. The van der Waals surface area contributed by atoms with Gasteiger partial charge in [0.2, 0.25) is 10.0 Å². The molecule has 1 unspecified atom stereocenters. The molecule has 0 spiro atoms. The van der Waals surface area contributed by atoms with E-state index in [-0.39, 0.29) is 11.9 Å². The third-order valence-electron chi connectivity index (χ3n) is 4.63. The molecule has 28 heavy (non-hydrogen) atoms. The Balaban J connectivity index is 1.95. The van der Waals surface area contributed by atoms with Crippen molar-refractivity contribution in [2.24, 2.45) is 5.14 Å². The van der Waals surface area contributed by atoms with Gasteiger partial charge in [0.05, 0.1) is 18.4 Å². The Kier molecular flexibility index (Phi) is 4.91. The fraction of sp³-hybridized carbons (Fsp3) is 0.143. The molecular formula is C21H18BrNO4S. The lowest BCUT2D eigenvalue weighted by molar-refractivity contribution is 0.242. The molecule has 0 saturated carbocycles. The Morgan fingerprint density at radius 2 is 1.86 bits per heavy atom. The lowest BCUT2D eigenvalue weighted by Gasteiger charge is -2.31. The molecule has 1 atom stereocenters. The smallest absolute Gasteiger partial charge is 0.213 e. The van der Waals surface area contributed by atoms with Crippen LogP contribution in [0.4, 0.5) is 0 Å². The van der Waals surface area contributed by atoms with Crippen LogP contribution in [0.2, 0.25) is 0 Å². The first-order chi connectivity index (χ1) is 13.4. The number of fused-ring (bicyclic) bond motifs is 3. The van der Waals surface area contributed by atoms with Crippen LogP contribution in [0.25, 0.3) is 11.1 Å². The number of rotatable bonds is 4. The van der Waals surface area contributed by atoms with Gasteiger partial charge in [0, 0.05) is 10.0 Å². The van der Waals surface area contributed by atoms with Gasteiger partial charge in [-0.3, -0.25) is 0 Å². The van der Waals surface area contributed by atoms with Crippen LogP contribution in [0.3, 0.4) is 0 Å². The van der Waals surface area contributed by atoms with Crippen molar-refractivity contribution in [3.63, 3.8) is 0 Å². The monoisotopic (exact) mass is 459 g/mol. The predicted octanol–water partition coefficient (Wildman–Crippen LogP) is 4.40. The molecular weight excluding hydrogens is 442 g/mol. The number of hydrogen-bond donors (Lipinski definition) is 1. The van der Waals surface area contributed by atoms with E-state index in [9.17, 15) is 8.42 Å². The van der Waals surface area contributed by atoms with E-state index < -0.39 is 10.0 Å². The van der Waals surface area contributed by atoms with Gasteiger partial charge in [-0.1, -0.05) is 64.5 Å². The summed E-state index contributed by atoms with van der Waals surface area (Å²) in [6.07, 6.45) is -0.372. The van der Waals surface area contributed by atoms with Crippen molar-refractivity contribution in [2.75, 3.05) is 7.11 Å². The largest absolute Gasteiger partial charge is 0.496 e. The van der Waals surface area contributed by atoms with Crippen molar-refractivity contribution < 1.29 is 17.9 Å². The van der Waals surface area contributed by atoms with Gasteiger partial charge in [0.15, 0.2) is 0 Å². The van der Waals surface area contributed by atoms with Crippen LogP contribution >= 0.6 is 15.9 Å². The van der Waals surface area contributed by atoms with Gasteiger partial charge in [-0.15, -0.1) is 0 Å². The molecule has 5 nitrogen and oxygen atoms in total. The van der Waals surface area contributed by atoms with Gasteiger partial charge in [0.1, 0.15) is 17.6 Å². The summed E-state index contributed by atoms with van der Waals surface area (Å²) >= 11 is 3.50. The van der Waals surface area contributed by atoms with Gasteiger partial charge < -0.3 is 9.47 Å². The van der Waals surface area contributed by atoms with Crippen LogP contribution in [-0.2, 0) is 15.8 Å². The molecule has 0 saturated heterocycles. The molecule has 1 aliphatic rings. The lowest BCUT2D eigenvalue weighted by Crippen LogP contribution is -2.18. The van der Waals surface area contributed by atoms with Gasteiger partial charge in [-0.25, -0.2) is 13.6 Å². The van der Waals surface area contributed by atoms with Crippen molar-refractivity contribution in [3.8, 4) is 22.6 Å². The van der Waals surface area contributed by atoms with E-state index in [4.69, 9.17) is 14.6 Å². The number of sulfonamides is 1. The summed E-state index contributed by atoms with van der Waals surface area (Å²) in [5.74, 6) is 1.15. The lowest BCUT2D eigenvalue weighted by atomic mass is 9.88. The average Bonchev–Trinajstić information content (AvgIpc) is 2.65. The minimum Gasteiger partial charge on any atom is -0.496 e. The van der Waals surface area contributed by atoms with Crippen LogP contribution in [0.1, 0.15) is 22.8 Å². The summed E-state index contributed by atoms with van der Waals surface area (Å²) in [5.41, 5.74) is 4.25. The van der Waals surface area contributed by atoms with Gasteiger partial charge in [-0.05, 0) is 28.8 Å². The van der Waals surface area contributed by atoms with Crippen LogP contribution in [0.15, 0.2) is 65.1 Å². The van der Waals surface area contributed by atoms with E-state index in [2.05, 4.69) is 15.9 Å². The highest BCUT2D eigenvalue weighted by Gasteiger charge is 2.30. The normalized spacial score (nSPS) is 15.3. The highest BCUT2D eigenvalue weighted by Crippen LogP contribution is 2.50. The molecule has 0 bridgehead atoms. The number of primary sulfonamides is 1. The highest BCUT2D eigenvalue weighted by atomic mass is 79.9. The van der Waals surface area contributed by atoms with E-state index in [1.54, 1.807) is 13.2 Å². The maximum absolute atomic E-state index is 11.6. The molecule has 0 amide bonds. The maximum atomic E-state index is 11.6. The highest BCUT2D eigenvalue weighted by molar-refractivity contribution is 9.10. The maximum Gasteiger partial charge on any atom is 0.213 e. The molecule has 0 aliphatic carbocycles. The van der Waals surface area contributed by atoms with Crippen molar-refractivity contribution in [2.45, 2.75) is 11.9 Å². The van der Waals surface area contributed by atoms with Crippen molar-refractivity contribution in [1.29, 1.82) is 0 Å². The number of nitrogens with two attached hydrogens (primary N) is 1. The zero-order valence-corrected chi connectivity index (χ0v) is 17.5.